The van der Waals surface area contributed by atoms with Crippen LogP contribution in [0.4, 0.5) is 15.3 Å². The van der Waals surface area contributed by atoms with E-state index in [0.29, 0.717) is 17.8 Å². The highest BCUT2D eigenvalue weighted by Gasteiger charge is 2.57. The Morgan fingerprint density at radius 1 is 1.18 bits per heavy atom. The van der Waals surface area contributed by atoms with Gasteiger partial charge in [-0.25, -0.2) is 9.59 Å². The van der Waals surface area contributed by atoms with Crippen molar-refractivity contribution in [3.05, 3.63) is 65.2 Å². The van der Waals surface area contributed by atoms with E-state index in [2.05, 4.69) is 16.0 Å². The van der Waals surface area contributed by atoms with Crippen molar-refractivity contribution in [1.29, 1.82) is 0 Å². The molecule has 3 aliphatic rings. The Morgan fingerprint density at radius 2 is 1.97 bits per heavy atom. The minimum Gasteiger partial charge on any atom is -0.427 e. The number of nitrogens with one attached hydrogen (secondary N) is 3. The normalized spacial score (nSPS) is 25.1. The number of hydrogen-bond acceptors (Lipinski definition) is 5. The quantitative estimate of drug-likeness (QED) is 0.645. The number of alkyl carbamates (subject to hydrolysis) is 1. The third kappa shape index (κ3) is 3.67. The molecule has 2 aromatic carbocycles. The number of imide groups is 1. The maximum atomic E-state index is 13.5. The standard InChI is InChI=1S/C25H26N4O5/c1-26-23(32)27-17-9-10-19-18(13-17)16(14-25(19)22(31)28-24(33)34-25)12-21(30)29-11-5-8-20(29)15-6-3-2-4-7-15/h2-4,6-7,9-10,13,16,20H,5,8,11-12,14H2,1H3,(H2,26,27,32)(H,28,31,33)/t16?,20-,25-/m0/s1. The van der Waals surface area contributed by atoms with Crippen LogP contribution in [0.25, 0.3) is 0 Å². The molecular weight excluding hydrogens is 436 g/mol. The average molecular weight is 463 g/mol. The van der Waals surface area contributed by atoms with Crippen molar-refractivity contribution in [2.24, 2.45) is 0 Å². The zero-order chi connectivity index (χ0) is 23.9. The summed E-state index contributed by atoms with van der Waals surface area (Å²) < 4.78 is 5.49. The first-order valence-corrected chi connectivity index (χ1v) is 11.4. The highest BCUT2D eigenvalue weighted by molar-refractivity contribution is 6.04. The molecule has 2 fully saturated rings. The lowest BCUT2D eigenvalue weighted by molar-refractivity contribution is -0.135. The molecule has 34 heavy (non-hydrogen) atoms. The van der Waals surface area contributed by atoms with Crippen molar-refractivity contribution in [3.63, 3.8) is 0 Å². The molecular formula is C25H26N4O5. The number of hydrogen-bond donors (Lipinski definition) is 3. The first kappa shape index (κ1) is 21.9. The van der Waals surface area contributed by atoms with Gasteiger partial charge in [0.15, 0.2) is 0 Å². The number of fused-ring (bicyclic) bond motifs is 2. The van der Waals surface area contributed by atoms with Crippen LogP contribution in [0.5, 0.6) is 0 Å². The van der Waals surface area contributed by atoms with Crippen LogP contribution in [-0.2, 0) is 19.9 Å². The average Bonchev–Trinajstić information content (AvgIpc) is 3.51. The molecule has 1 aliphatic carbocycles. The third-order valence-electron chi connectivity index (χ3n) is 6.97. The lowest BCUT2D eigenvalue weighted by Gasteiger charge is -2.27. The summed E-state index contributed by atoms with van der Waals surface area (Å²) in [5, 5.41) is 7.45. The maximum Gasteiger partial charge on any atom is 0.415 e. The number of rotatable bonds is 4. The van der Waals surface area contributed by atoms with Crippen molar-refractivity contribution >= 4 is 29.6 Å². The fraction of sp³-hybridized carbons (Fsp3) is 0.360. The van der Waals surface area contributed by atoms with Crippen LogP contribution in [0.2, 0.25) is 0 Å². The van der Waals surface area contributed by atoms with Gasteiger partial charge in [-0.3, -0.25) is 14.9 Å². The molecule has 1 spiro atoms. The van der Waals surface area contributed by atoms with Crippen LogP contribution in [0.15, 0.2) is 48.5 Å². The van der Waals surface area contributed by atoms with Crippen molar-refractivity contribution in [1.82, 2.24) is 15.5 Å². The Balaban J connectivity index is 1.44. The predicted octanol–water partition coefficient (Wildman–Crippen LogP) is 3.14. The van der Waals surface area contributed by atoms with E-state index in [9.17, 15) is 19.2 Å². The Bertz CT molecular complexity index is 1170. The number of urea groups is 1. The molecule has 9 nitrogen and oxygen atoms in total. The monoisotopic (exact) mass is 462 g/mol. The summed E-state index contributed by atoms with van der Waals surface area (Å²) >= 11 is 0. The van der Waals surface area contributed by atoms with Gasteiger partial charge in [-0.2, -0.15) is 0 Å². The number of amides is 5. The first-order valence-electron chi connectivity index (χ1n) is 11.4. The van der Waals surface area contributed by atoms with E-state index in [1.807, 2.05) is 35.2 Å². The highest BCUT2D eigenvalue weighted by Crippen LogP contribution is 2.51. The van der Waals surface area contributed by atoms with Gasteiger partial charge in [0.2, 0.25) is 11.5 Å². The Kier molecular flexibility index (Phi) is 5.47. The fourth-order valence-electron chi connectivity index (χ4n) is 5.44. The van der Waals surface area contributed by atoms with Crippen molar-refractivity contribution in [2.75, 3.05) is 18.9 Å². The molecule has 2 aromatic rings. The first-order chi connectivity index (χ1) is 16.4. The topological polar surface area (TPSA) is 117 Å². The summed E-state index contributed by atoms with van der Waals surface area (Å²) in [5.74, 6) is -0.875. The molecule has 9 heteroatoms. The molecule has 0 bridgehead atoms. The molecule has 0 saturated carbocycles. The number of ether oxygens (including phenoxy) is 1. The predicted molar refractivity (Wildman–Crippen MR) is 123 cm³/mol. The Labute approximate surface area is 196 Å². The number of carbonyl (C=O) groups excluding carboxylic acids is 4. The summed E-state index contributed by atoms with van der Waals surface area (Å²) in [5.41, 5.74) is 1.46. The maximum absolute atomic E-state index is 13.5. The van der Waals surface area contributed by atoms with Gasteiger partial charge in [-0.1, -0.05) is 36.4 Å². The van der Waals surface area contributed by atoms with E-state index in [0.717, 1.165) is 24.0 Å². The van der Waals surface area contributed by atoms with Crippen molar-refractivity contribution in [3.8, 4) is 0 Å². The van der Waals surface area contributed by atoms with Crippen LogP contribution in [-0.4, -0.2) is 42.4 Å². The van der Waals surface area contributed by atoms with Gasteiger partial charge in [-0.05, 0) is 42.0 Å². The number of nitrogens with zero attached hydrogens (tertiary/aromatic N) is 1. The molecule has 5 rings (SSSR count). The summed E-state index contributed by atoms with van der Waals surface area (Å²) in [6, 6.07) is 14.7. The molecule has 2 saturated heterocycles. The molecule has 0 radical (unpaired) electrons. The molecule has 2 aliphatic heterocycles. The molecule has 5 amide bonds. The Morgan fingerprint density at radius 3 is 2.68 bits per heavy atom. The number of likely N-dealkylation sites (tertiary alicyclic amines) is 1. The molecule has 3 N–H and O–H groups in total. The second kappa shape index (κ2) is 8.48. The second-order valence-electron chi connectivity index (χ2n) is 8.94. The van der Waals surface area contributed by atoms with Gasteiger partial charge >= 0.3 is 12.1 Å². The van der Waals surface area contributed by atoms with E-state index in [-0.39, 0.29) is 36.7 Å². The van der Waals surface area contributed by atoms with Crippen LogP contribution < -0.4 is 16.0 Å². The molecule has 3 atom stereocenters. The number of carbonyl (C=O) groups is 4. The zero-order valence-corrected chi connectivity index (χ0v) is 18.8. The van der Waals surface area contributed by atoms with Crippen LogP contribution in [0.1, 0.15) is 54.3 Å². The minimum atomic E-state index is -1.45. The van der Waals surface area contributed by atoms with Crippen LogP contribution in [0, 0.1) is 0 Å². The smallest absolute Gasteiger partial charge is 0.415 e. The summed E-state index contributed by atoms with van der Waals surface area (Å²) in [6.07, 6.45) is 1.39. The lowest BCUT2D eigenvalue weighted by Crippen LogP contribution is -2.35. The van der Waals surface area contributed by atoms with Gasteiger partial charge < -0.3 is 20.3 Å². The van der Waals surface area contributed by atoms with Crippen LogP contribution >= 0.6 is 0 Å². The number of anilines is 1. The molecule has 0 aromatic heterocycles. The largest absolute Gasteiger partial charge is 0.427 e. The number of benzene rings is 2. The van der Waals surface area contributed by atoms with Gasteiger partial charge in [0.25, 0.3) is 5.91 Å². The van der Waals surface area contributed by atoms with Gasteiger partial charge in [0.05, 0.1) is 6.04 Å². The van der Waals surface area contributed by atoms with E-state index >= 15 is 0 Å². The molecule has 176 valence electrons. The second-order valence-corrected chi connectivity index (χ2v) is 8.94. The van der Waals surface area contributed by atoms with Crippen molar-refractivity contribution < 1.29 is 23.9 Å². The van der Waals surface area contributed by atoms with Gasteiger partial charge in [0.1, 0.15) is 0 Å². The summed E-state index contributed by atoms with van der Waals surface area (Å²) in [4.78, 5) is 51.9. The van der Waals surface area contributed by atoms with E-state index in [1.165, 1.54) is 7.05 Å². The van der Waals surface area contributed by atoms with E-state index in [1.54, 1.807) is 18.2 Å². The fourth-order valence-corrected chi connectivity index (χ4v) is 5.44. The van der Waals surface area contributed by atoms with E-state index in [4.69, 9.17) is 4.74 Å². The minimum absolute atomic E-state index is 0.00579. The summed E-state index contributed by atoms with van der Waals surface area (Å²) in [7, 11) is 1.51. The summed E-state index contributed by atoms with van der Waals surface area (Å²) in [6.45, 7) is 0.677. The van der Waals surface area contributed by atoms with E-state index < -0.39 is 17.6 Å². The Hall–Kier alpha value is -3.88. The highest BCUT2D eigenvalue weighted by atomic mass is 16.6. The zero-order valence-electron chi connectivity index (χ0n) is 18.8. The SMILES string of the molecule is CNC(=O)Nc1ccc2c(c1)C(CC(=O)N1CCC[C@H]1c1ccccc1)C[C@]21OC(=O)NC1=O. The van der Waals surface area contributed by atoms with Crippen molar-refractivity contribution in [2.45, 2.75) is 43.2 Å². The van der Waals surface area contributed by atoms with Gasteiger partial charge in [-0.15, -0.1) is 0 Å². The lowest BCUT2D eigenvalue weighted by atomic mass is 9.94. The van der Waals surface area contributed by atoms with Crippen LogP contribution in [0.3, 0.4) is 0 Å². The molecule has 2 heterocycles. The van der Waals surface area contributed by atoms with Gasteiger partial charge in [0, 0.05) is 37.7 Å². The molecule has 1 unspecified atom stereocenters. The third-order valence-corrected chi connectivity index (χ3v) is 6.97.